The van der Waals surface area contributed by atoms with Crippen LogP contribution in [0.5, 0.6) is 0 Å². The van der Waals surface area contributed by atoms with E-state index in [1.165, 1.54) is 25.1 Å². The number of benzene rings is 2. The Hall–Kier alpha value is -2.11. The summed E-state index contributed by atoms with van der Waals surface area (Å²) in [6, 6.07) is 6.57. The first-order chi connectivity index (χ1) is 16.4. The fourth-order valence-electron chi connectivity index (χ4n) is 5.48. The highest BCUT2D eigenvalue weighted by Gasteiger charge is 2.59. The van der Waals surface area contributed by atoms with E-state index in [0.29, 0.717) is 12.8 Å². The van der Waals surface area contributed by atoms with Crippen molar-refractivity contribution in [3.8, 4) is 0 Å². The standard InChI is InChI=1S/C24H26ClF2NO6S/c1-12(29)22(30)24(32)14-3-4-15(24)10-17(9-14)35(33,34)21-8-13(2-6-18(21)25)23(31)28-16-5-7-19(26)20(27)11-16/h2,5-8,11-12,14-15,17,22,29-30,32H,3-4,9-10H2,1H3,(H,28,31)/t12-,14-,15+,17-,22-,24-/m0/s1. The van der Waals surface area contributed by atoms with E-state index in [9.17, 15) is 37.3 Å². The van der Waals surface area contributed by atoms with Crippen molar-refractivity contribution in [1.29, 1.82) is 0 Å². The molecule has 11 heteroatoms. The Morgan fingerprint density at radius 3 is 2.29 bits per heavy atom. The lowest BCUT2D eigenvalue weighted by atomic mass is 9.70. The van der Waals surface area contributed by atoms with Crippen LogP contribution >= 0.6 is 11.6 Å². The molecule has 0 saturated heterocycles. The van der Waals surface area contributed by atoms with Gasteiger partial charge in [0.1, 0.15) is 6.10 Å². The van der Waals surface area contributed by atoms with Gasteiger partial charge in [0.05, 0.1) is 26.9 Å². The largest absolute Gasteiger partial charge is 0.391 e. The summed E-state index contributed by atoms with van der Waals surface area (Å²) in [5.41, 5.74) is -1.62. The molecule has 0 aromatic heterocycles. The first kappa shape index (κ1) is 26.0. The van der Waals surface area contributed by atoms with Crippen molar-refractivity contribution < 1.29 is 37.3 Å². The zero-order chi connectivity index (χ0) is 25.7. The predicted octanol–water partition coefficient (Wildman–Crippen LogP) is 3.31. The molecule has 7 nitrogen and oxygen atoms in total. The van der Waals surface area contributed by atoms with Crippen LogP contribution in [0.15, 0.2) is 41.3 Å². The lowest BCUT2D eigenvalue weighted by Crippen LogP contribution is -2.58. The molecule has 2 aromatic rings. The Labute approximate surface area is 206 Å². The summed E-state index contributed by atoms with van der Waals surface area (Å²) in [6.45, 7) is 1.38. The molecular weight excluding hydrogens is 504 g/mol. The monoisotopic (exact) mass is 529 g/mol. The molecule has 0 spiro atoms. The number of hydrogen-bond donors (Lipinski definition) is 4. The number of sulfone groups is 1. The van der Waals surface area contributed by atoms with Gasteiger partial charge in [-0.2, -0.15) is 0 Å². The van der Waals surface area contributed by atoms with Crippen molar-refractivity contribution in [2.75, 3.05) is 5.32 Å². The SMILES string of the molecule is C[C@H](O)[C@H](O)[C@@]1(O)[C@@H]2CC[C@H]1C[C@H](S(=O)(=O)c1cc(C(=O)Nc3ccc(F)c(F)c3)ccc1Cl)C2. The van der Waals surface area contributed by atoms with Crippen LogP contribution in [0.4, 0.5) is 14.5 Å². The molecule has 1 amide bonds. The third-order valence-corrected chi connectivity index (χ3v) is 9.97. The highest BCUT2D eigenvalue weighted by Crippen LogP contribution is 2.54. The van der Waals surface area contributed by atoms with E-state index in [1.54, 1.807) is 0 Å². The number of fused-ring (bicyclic) bond motifs is 2. The number of aliphatic hydroxyl groups excluding tert-OH is 2. The summed E-state index contributed by atoms with van der Waals surface area (Å²) in [4.78, 5) is 12.4. The molecule has 6 atom stereocenters. The fraction of sp³-hybridized carbons (Fsp3) is 0.458. The van der Waals surface area contributed by atoms with Gasteiger partial charge < -0.3 is 20.6 Å². The minimum absolute atomic E-state index is 0.00642. The maximum absolute atomic E-state index is 13.6. The zero-order valence-electron chi connectivity index (χ0n) is 18.8. The lowest BCUT2D eigenvalue weighted by Gasteiger charge is -2.46. The second-order valence-electron chi connectivity index (χ2n) is 9.41. The van der Waals surface area contributed by atoms with E-state index in [0.717, 1.165) is 18.2 Å². The molecule has 2 aromatic carbocycles. The third-order valence-electron chi connectivity index (χ3n) is 7.31. The molecule has 2 aliphatic carbocycles. The molecule has 2 aliphatic rings. The van der Waals surface area contributed by atoms with E-state index in [-0.39, 0.29) is 34.0 Å². The summed E-state index contributed by atoms with van der Waals surface area (Å²) < 4.78 is 53.7. The van der Waals surface area contributed by atoms with E-state index in [4.69, 9.17) is 11.6 Å². The Bertz CT molecular complexity index is 1240. The second kappa shape index (κ2) is 9.40. The van der Waals surface area contributed by atoms with Crippen molar-refractivity contribution >= 4 is 33.0 Å². The van der Waals surface area contributed by atoms with Crippen LogP contribution < -0.4 is 5.32 Å². The van der Waals surface area contributed by atoms with Crippen molar-refractivity contribution in [1.82, 2.24) is 0 Å². The Kier molecular flexibility index (Phi) is 6.98. The predicted molar refractivity (Wildman–Crippen MR) is 125 cm³/mol. The summed E-state index contributed by atoms with van der Waals surface area (Å²) in [7, 11) is -4.03. The second-order valence-corrected chi connectivity index (χ2v) is 12.0. The van der Waals surface area contributed by atoms with Crippen LogP contribution in [0.2, 0.25) is 5.02 Å². The smallest absolute Gasteiger partial charge is 0.255 e. The molecule has 0 unspecified atom stereocenters. The number of rotatable bonds is 6. The minimum atomic E-state index is -4.03. The topological polar surface area (TPSA) is 124 Å². The van der Waals surface area contributed by atoms with E-state index in [1.807, 2.05) is 0 Å². The molecular formula is C24H26ClF2NO6S. The number of nitrogens with one attached hydrogen (secondary N) is 1. The molecule has 4 rings (SSSR count). The number of anilines is 1. The van der Waals surface area contributed by atoms with Gasteiger partial charge in [-0.05, 0) is 74.8 Å². The molecule has 35 heavy (non-hydrogen) atoms. The zero-order valence-corrected chi connectivity index (χ0v) is 20.4. The molecule has 4 N–H and O–H groups in total. The number of hydrogen-bond acceptors (Lipinski definition) is 6. The molecule has 190 valence electrons. The van der Waals surface area contributed by atoms with E-state index < -0.39 is 62.3 Å². The van der Waals surface area contributed by atoms with Crippen molar-refractivity contribution in [3.63, 3.8) is 0 Å². The molecule has 0 heterocycles. The molecule has 0 radical (unpaired) electrons. The maximum Gasteiger partial charge on any atom is 0.255 e. The van der Waals surface area contributed by atoms with Crippen molar-refractivity contribution in [2.24, 2.45) is 11.8 Å². The summed E-state index contributed by atoms with van der Waals surface area (Å²) >= 11 is 6.21. The Morgan fingerprint density at radius 2 is 1.71 bits per heavy atom. The average Bonchev–Trinajstić information content (AvgIpc) is 2.97. The van der Waals surface area contributed by atoms with Crippen LogP contribution in [0.3, 0.4) is 0 Å². The van der Waals surface area contributed by atoms with Gasteiger partial charge in [-0.15, -0.1) is 0 Å². The van der Waals surface area contributed by atoms with Gasteiger partial charge in [0.2, 0.25) is 0 Å². The number of carbonyl (C=O) groups is 1. The lowest BCUT2D eigenvalue weighted by molar-refractivity contribution is -0.172. The van der Waals surface area contributed by atoms with Gasteiger partial charge in [-0.25, -0.2) is 17.2 Å². The van der Waals surface area contributed by atoms with Crippen LogP contribution in [0.1, 0.15) is 43.0 Å². The van der Waals surface area contributed by atoms with Gasteiger partial charge in [-0.3, -0.25) is 4.79 Å². The van der Waals surface area contributed by atoms with Crippen LogP contribution in [0, 0.1) is 23.5 Å². The quantitative estimate of drug-likeness (QED) is 0.455. The van der Waals surface area contributed by atoms with Crippen LogP contribution in [-0.4, -0.2) is 52.7 Å². The van der Waals surface area contributed by atoms with Crippen molar-refractivity contribution in [2.45, 2.75) is 60.6 Å². The molecule has 0 aliphatic heterocycles. The van der Waals surface area contributed by atoms with Crippen LogP contribution in [-0.2, 0) is 9.84 Å². The summed E-state index contributed by atoms with van der Waals surface area (Å²) in [5.74, 6) is -4.00. The molecule has 2 fully saturated rings. The van der Waals surface area contributed by atoms with Gasteiger partial charge in [0, 0.05) is 17.3 Å². The normalized spacial score (nSPS) is 27.9. The highest BCUT2D eigenvalue weighted by molar-refractivity contribution is 7.92. The van der Waals surface area contributed by atoms with Crippen molar-refractivity contribution in [3.05, 3.63) is 58.6 Å². The van der Waals surface area contributed by atoms with Gasteiger partial charge in [0.15, 0.2) is 21.5 Å². The third kappa shape index (κ3) is 4.58. The first-order valence-electron chi connectivity index (χ1n) is 11.2. The average molecular weight is 530 g/mol. The van der Waals surface area contributed by atoms with E-state index in [2.05, 4.69) is 5.32 Å². The van der Waals surface area contributed by atoms with Gasteiger partial charge in [-0.1, -0.05) is 11.6 Å². The van der Waals surface area contributed by atoms with Gasteiger partial charge >= 0.3 is 0 Å². The molecule has 2 bridgehead atoms. The Morgan fingerprint density at radius 1 is 1.09 bits per heavy atom. The number of aliphatic hydroxyl groups is 3. The number of carbonyl (C=O) groups excluding carboxylic acids is 1. The molecule has 2 saturated carbocycles. The summed E-state index contributed by atoms with van der Waals surface area (Å²) in [5, 5.41) is 32.9. The minimum Gasteiger partial charge on any atom is -0.391 e. The fourth-order valence-corrected chi connectivity index (χ4v) is 7.89. The first-order valence-corrected chi connectivity index (χ1v) is 13.2. The summed E-state index contributed by atoms with van der Waals surface area (Å²) in [6.07, 6.45) is -1.39. The maximum atomic E-state index is 13.6. The number of halogens is 3. The van der Waals surface area contributed by atoms with Crippen LogP contribution in [0.25, 0.3) is 0 Å². The van der Waals surface area contributed by atoms with Gasteiger partial charge in [0.25, 0.3) is 5.91 Å². The number of amides is 1. The highest BCUT2D eigenvalue weighted by atomic mass is 35.5. The van der Waals surface area contributed by atoms with E-state index >= 15 is 0 Å². The Balaban J connectivity index is 1.59.